The summed E-state index contributed by atoms with van der Waals surface area (Å²) in [5.41, 5.74) is 2.17. The third-order valence-corrected chi connectivity index (χ3v) is 6.31. The number of ether oxygens (including phenoxy) is 1. The van der Waals surface area contributed by atoms with Crippen LogP contribution in [-0.4, -0.2) is 18.5 Å². The van der Waals surface area contributed by atoms with Gasteiger partial charge in [0.1, 0.15) is 5.00 Å². The van der Waals surface area contributed by atoms with Gasteiger partial charge in [0.25, 0.3) is 5.91 Å². The van der Waals surface area contributed by atoms with E-state index in [4.69, 9.17) is 4.74 Å². The lowest BCUT2D eigenvalue weighted by molar-refractivity contribution is 0.0505. The first kappa shape index (κ1) is 19.1. The van der Waals surface area contributed by atoms with E-state index in [9.17, 15) is 9.59 Å². The molecule has 1 aliphatic rings. The minimum Gasteiger partial charge on any atom is -0.462 e. The smallest absolute Gasteiger partial charge is 0.341 e. The van der Waals surface area contributed by atoms with Crippen molar-refractivity contribution >= 4 is 44.1 Å². The van der Waals surface area contributed by atoms with E-state index in [0.29, 0.717) is 22.7 Å². The van der Waals surface area contributed by atoms with Gasteiger partial charge in [0.2, 0.25) is 0 Å². The van der Waals surface area contributed by atoms with Gasteiger partial charge in [-0.15, -0.1) is 11.3 Å². The number of hydrogen-bond donors (Lipinski definition) is 1. The average Bonchev–Trinajstić information content (AvgIpc) is 2.81. The maximum atomic E-state index is 12.7. The zero-order valence-corrected chi connectivity index (χ0v) is 17.2. The summed E-state index contributed by atoms with van der Waals surface area (Å²) >= 11 is 4.93. The number of nitrogens with one attached hydrogen (secondary N) is 1. The van der Waals surface area contributed by atoms with Crippen molar-refractivity contribution in [1.82, 2.24) is 0 Å². The topological polar surface area (TPSA) is 55.4 Å². The molecule has 0 saturated carbocycles. The lowest BCUT2D eigenvalue weighted by Crippen LogP contribution is -2.16. The summed E-state index contributed by atoms with van der Waals surface area (Å²) in [5.74, 6) is -0.549. The van der Waals surface area contributed by atoms with Crippen LogP contribution in [0.1, 0.15) is 63.8 Å². The van der Waals surface area contributed by atoms with E-state index >= 15 is 0 Å². The van der Waals surface area contributed by atoms with E-state index in [-0.39, 0.29) is 11.9 Å². The van der Waals surface area contributed by atoms with Crippen molar-refractivity contribution in [2.24, 2.45) is 0 Å². The largest absolute Gasteiger partial charge is 0.462 e. The van der Waals surface area contributed by atoms with Crippen molar-refractivity contribution in [1.29, 1.82) is 0 Å². The first-order chi connectivity index (χ1) is 12.6. The molecule has 6 heteroatoms. The van der Waals surface area contributed by atoms with Crippen molar-refractivity contribution in [3.05, 3.63) is 50.3 Å². The zero-order valence-electron chi connectivity index (χ0n) is 14.8. The number of anilines is 1. The Labute approximate surface area is 166 Å². The fraction of sp³-hybridized carbons (Fsp3) is 0.400. The fourth-order valence-corrected chi connectivity index (χ4v) is 4.87. The summed E-state index contributed by atoms with van der Waals surface area (Å²) < 4.78 is 6.13. The van der Waals surface area contributed by atoms with E-state index in [1.807, 2.05) is 25.1 Å². The normalized spacial score (nSPS) is 13.6. The van der Waals surface area contributed by atoms with Crippen molar-refractivity contribution in [2.75, 3.05) is 11.9 Å². The molecule has 0 bridgehead atoms. The summed E-state index contributed by atoms with van der Waals surface area (Å²) in [5, 5.41) is 3.56. The molecule has 1 aromatic heterocycles. The van der Waals surface area contributed by atoms with Crippen molar-refractivity contribution in [3.63, 3.8) is 0 Å². The zero-order chi connectivity index (χ0) is 18.5. The summed E-state index contributed by atoms with van der Waals surface area (Å²) in [6.45, 7) is 2.36. The molecule has 1 heterocycles. The molecule has 3 rings (SSSR count). The van der Waals surface area contributed by atoms with Crippen LogP contribution < -0.4 is 5.32 Å². The van der Waals surface area contributed by atoms with E-state index in [0.717, 1.165) is 42.1 Å². The Hall–Kier alpha value is -1.66. The van der Waals surface area contributed by atoms with Crippen molar-refractivity contribution in [3.8, 4) is 0 Å². The number of thiophene rings is 1. The van der Waals surface area contributed by atoms with E-state index in [2.05, 4.69) is 21.2 Å². The number of carbonyl (C=O) groups is 2. The van der Waals surface area contributed by atoms with Crippen LogP contribution in [0, 0.1) is 0 Å². The molecule has 0 radical (unpaired) electrons. The van der Waals surface area contributed by atoms with Crippen LogP contribution in [0.2, 0.25) is 0 Å². The molecule has 0 unspecified atom stereocenters. The van der Waals surface area contributed by atoms with Gasteiger partial charge in [0.15, 0.2) is 0 Å². The highest BCUT2D eigenvalue weighted by Crippen LogP contribution is 2.38. The standard InChI is InChI=1S/C20H22BrNO3S/c1-2-12-25-20(24)17-14-9-4-3-5-11-16(14)26-19(17)22-18(23)13-8-6-7-10-15(13)21/h6-8,10H,2-5,9,11-12H2,1H3,(H,22,23). The maximum Gasteiger partial charge on any atom is 0.341 e. The SMILES string of the molecule is CCCOC(=O)c1c(NC(=O)c2ccccc2Br)sc2c1CCCCC2. The second-order valence-corrected chi connectivity index (χ2v) is 8.30. The van der Waals surface area contributed by atoms with Crippen molar-refractivity contribution < 1.29 is 14.3 Å². The Morgan fingerprint density at radius 1 is 1.19 bits per heavy atom. The Bertz CT molecular complexity index is 815. The number of amides is 1. The van der Waals surface area contributed by atoms with Crippen LogP contribution in [0.3, 0.4) is 0 Å². The summed E-state index contributed by atoms with van der Waals surface area (Å²) in [6.07, 6.45) is 5.95. The van der Waals surface area contributed by atoms with Gasteiger partial charge >= 0.3 is 5.97 Å². The summed E-state index contributed by atoms with van der Waals surface area (Å²) in [7, 11) is 0. The molecule has 0 atom stereocenters. The van der Waals surface area contributed by atoms with Gasteiger partial charge in [-0.25, -0.2) is 4.79 Å². The Balaban J connectivity index is 1.94. The molecular formula is C20H22BrNO3S. The molecule has 0 spiro atoms. The van der Waals surface area contributed by atoms with E-state index < -0.39 is 0 Å². The third kappa shape index (κ3) is 4.18. The minimum atomic E-state index is -0.325. The number of benzene rings is 1. The first-order valence-corrected chi connectivity index (χ1v) is 10.6. The Kier molecular flexibility index (Phi) is 6.48. The Morgan fingerprint density at radius 3 is 2.73 bits per heavy atom. The van der Waals surface area contributed by atoms with E-state index in [1.165, 1.54) is 22.6 Å². The monoisotopic (exact) mass is 435 g/mol. The highest BCUT2D eigenvalue weighted by Gasteiger charge is 2.27. The predicted octanol–water partition coefficient (Wildman–Crippen LogP) is 5.60. The molecule has 1 amide bonds. The number of aryl methyl sites for hydroxylation is 1. The van der Waals surface area contributed by atoms with Crippen molar-refractivity contribution in [2.45, 2.75) is 45.4 Å². The van der Waals surface area contributed by atoms with Crippen LogP contribution in [-0.2, 0) is 17.6 Å². The van der Waals surface area contributed by atoms with Crippen LogP contribution in [0.15, 0.2) is 28.7 Å². The van der Waals surface area contributed by atoms with Gasteiger partial charge in [-0.05, 0) is 65.7 Å². The number of carbonyl (C=O) groups excluding carboxylic acids is 2. The predicted molar refractivity (Wildman–Crippen MR) is 108 cm³/mol. The fourth-order valence-electron chi connectivity index (χ4n) is 3.13. The molecule has 0 saturated heterocycles. The number of esters is 1. The number of fused-ring (bicyclic) bond motifs is 1. The molecule has 0 fully saturated rings. The van der Waals surface area contributed by atoms with Crippen LogP contribution in [0.25, 0.3) is 0 Å². The molecule has 1 aromatic carbocycles. The molecule has 4 nitrogen and oxygen atoms in total. The highest BCUT2D eigenvalue weighted by molar-refractivity contribution is 9.10. The van der Waals surface area contributed by atoms with Gasteiger partial charge in [-0.3, -0.25) is 4.79 Å². The molecule has 26 heavy (non-hydrogen) atoms. The van der Waals surface area contributed by atoms with E-state index in [1.54, 1.807) is 6.07 Å². The molecule has 138 valence electrons. The molecular weight excluding hydrogens is 414 g/mol. The Morgan fingerprint density at radius 2 is 1.96 bits per heavy atom. The second-order valence-electron chi connectivity index (χ2n) is 6.34. The third-order valence-electron chi connectivity index (χ3n) is 4.41. The van der Waals surface area contributed by atoms with Gasteiger partial charge in [-0.1, -0.05) is 25.5 Å². The number of halogens is 1. The minimum absolute atomic E-state index is 0.224. The lowest BCUT2D eigenvalue weighted by atomic mass is 10.1. The molecule has 1 N–H and O–H groups in total. The van der Waals surface area contributed by atoms with Gasteiger partial charge < -0.3 is 10.1 Å². The summed E-state index contributed by atoms with van der Waals surface area (Å²) in [4.78, 5) is 26.6. The second kappa shape index (κ2) is 8.82. The number of rotatable bonds is 5. The molecule has 0 aliphatic heterocycles. The van der Waals surface area contributed by atoms with Crippen LogP contribution in [0.5, 0.6) is 0 Å². The van der Waals surface area contributed by atoms with Gasteiger partial charge in [-0.2, -0.15) is 0 Å². The van der Waals surface area contributed by atoms with Gasteiger partial charge in [0, 0.05) is 9.35 Å². The average molecular weight is 436 g/mol. The first-order valence-electron chi connectivity index (χ1n) is 8.99. The molecule has 1 aliphatic carbocycles. The van der Waals surface area contributed by atoms with Crippen LogP contribution in [0.4, 0.5) is 5.00 Å². The number of hydrogen-bond acceptors (Lipinski definition) is 4. The van der Waals surface area contributed by atoms with Gasteiger partial charge in [0.05, 0.1) is 17.7 Å². The maximum absolute atomic E-state index is 12.7. The quantitative estimate of drug-likeness (QED) is 0.491. The summed E-state index contributed by atoms with van der Waals surface area (Å²) in [6, 6.07) is 7.27. The highest BCUT2D eigenvalue weighted by atomic mass is 79.9. The van der Waals surface area contributed by atoms with Crippen LogP contribution >= 0.6 is 27.3 Å². The lowest BCUT2D eigenvalue weighted by Gasteiger charge is -2.09. The molecule has 2 aromatic rings.